The maximum Gasteiger partial charge on any atom is 0.168 e. The molecule has 5 nitrogen and oxygen atoms in total. The molecule has 4 N–H and O–H groups in total. The summed E-state index contributed by atoms with van der Waals surface area (Å²) >= 11 is 0. The van der Waals surface area contributed by atoms with E-state index in [2.05, 4.69) is 9.97 Å². The molecule has 5 heteroatoms. The van der Waals surface area contributed by atoms with Crippen molar-refractivity contribution >= 4 is 11.5 Å². The molecule has 0 unspecified atom stereocenters. The van der Waals surface area contributed by atoms with Crippen LogP contribution in [0.2, 0.25) is 0 Å². The highest BCUT2D eigenvalue weighted by atomic mass is 15.4. The molecule has 0 radical (unpaired) electrons. The topological polar surface area (TPSA) is 81.1 Å². The first kappa shape index (κ1) is 6.76. The van der Waals surface area contributed by atoms with Crippen LogP contribution >= 0.6 is 0 Å². The summed E-state index contributed by atoms with van der Waals surface area (Å²) in [6, 6.07) is 0. The average Bonchev–Trinajstić information content (AvgIpc) is 1.88. The number of nitrogen functional groups attached to an aromatic ring is 1. The first-order valence-corrected chi connectivity index (χ1v) is 2.75. The highest BCUT2D eigenvalue weighted by Gasteiger charge is 2.00. The van der Waals surface area contributed by atoms with Crippen molar-refractivity contribution in [1.82, 2.24) is 9.97 Å². The van der Waals surface area contributed by atoms with Crippen LogP contribution in [0.5, 0.6) is 0 Å². The van der Waals surface area contributed by atoms with Gasteiger partial charge in [0, 0.05) is 7.05 Å². The fourth-order valence-corrected chi connectivity index (χ4v) is 0.629. The molecule has 0 aliphatic carbocycles. The van der Waals surface area contributed by atoms with E-state index < -0.39 is 0 Å². The molecular formula is C5H9N5. The van der Waals surface area contributed by atoms with Crippen LogP contribution in [0.3, 0.4) is 0 Å². The first-order valence-electron chi connectivity index (χ1n) is 2.75. The van der Waals surface area contributed by atoms with Gasteiger partial charge < -0.3 is 5.73 Å². The maximum atomic E-state index is 5.47. The number of rotatable bonds is 1. The number of nitrogens with two attached hydrogens (primary N) is 2. The van der Waals surface area contributed by atoms with Crippen molar-refractivity contribution in [2.75, 3.05) is 17.8 Å². The minimum absolute atomic E-state index is 0.479. The van der Waals surface area contributed by atoms with Gasteiger partial charge in [0.05, 0.1) is 11.9 Å². The minimum Gasteiger partial charge on any atom is -0.394 e. The summed E-state index contributed by atoms with van der Waals surface area (Å²) in [4.78, 5) is 7.55. The van der Waals surface area contributed by atoms with E-state index >= 15 is 0 Å². The Kier molecular flexibility index (Phi) is 1.68. The standard InChI is InChI=1S/C5H9N5/c1-10(7)5-4(6)2-8-3-9-5/h2-3H,6-7H2,1H3. The van der Waals surface area contributed by atoms with Crippen molar-refractivity contribution in [1.29, 1.82) is 0 Å². The van der Waals surface area contributed by atoms with E-state index in [1.54, 1.807) is 7.05 Å². The summed E-state index contributed by atoms with van der Waals surface area (Å²) in [5.74, 6) is 5.91. The Morgan fingerprint density at radius 2 is 2.30 bits per heavy atom. The number of hydrogen-bond donors (Lipinski definition) is 2. The smallest absolute Gasteiger partial charge is 0.168 e. The molecule has 0 aromatic carbocycles. The quantitative estimate of drug-likeness (QED) is 0.400. The fourth-order valence-electron chi connectivity index (χ4n) is 0.629. The van der Waals surface area contributed by atoms with E-state index in [-0.39, 0.29) is 0 Å². The number of anilines is 2. The average molecular weight is 139 g/mol. The van der Waals surface area contributed by atoms with Gasteiger partial charge in [-0.25, -0.2) is 15.8 Å². The summed E-state index contributed by atoms with van der Waals surface area (Å²) in [7, 11) is 1.67. The maximum absolute atomic E-state index is 5.47. The molecule has 1 heterocycles. The monoisotopic (exact) mass is 139 g/mol. The van der Waals surface area contributed by atoms with E-state index in [1.807, 2.05) is 0 Å². The van der Waals surface area contributed by atoms with Crippen LogP contribution in [0.1, 0.15) is 0 Å². The van der Waals surface area contributed by atoms with E-state index in [0.717, 1.165) is 0 Å². The van der Waals surface area contributed by atoms with Crippen molar-refractivity contribution in [3.8, 4) is 0 Å². The summed E-state index contributed by atoms with van der Waals surface area (Å²) < 4.78 is 0. The SMILES string of the molecule is CN(N)c1ncncc1N. The highest BCUT2D eigenvalue weighted by Crippen LogP contribution is 2.12. The number of hydrogen-bond acceptors (Lipinski definition) is 5. The van der Waals surface area contributed by atoms with Crippen molar-refractivity contribution in [2.45, 2.75) is 0 Å². The Hall–Kier alpha value is -1.36. The molecule has 0 saturated carbocycles. The molecule has 1 rings (SSSR count). The molecule has 10 heavy (non-hydrogen) atoms. The van der Waals surface area contributed by atoms with Crippen LogP contribution in [-0.4, -0.2) is 17.0 Å². The lowest BCUT2D eigenvalue weighted by atomic mass is 10.5. The Morgan fingerprint density at radius 1 is 1.60 bits per heavy atom. The Balaban J connectivity index is 3.03. The molecule has 0 aliphatic heterocycles. The Bertz CT molecular complexity index is 221. The van der Waals surface area contributed by atoms with E-state index in [1.165, 1.54) is 17.5 Å². The van der Waals surface area contributed by atoms with Crippen LogP contribution in [-0.2, 0) is 0 Å². The third kappa shape index (κ3) is 1.14. The van der Waals surface area contributed by atoms with Crippen molar-refractivity contribution in [3.63, 3.8) is 0 Å². The fraction of sp³-hybridized carbons (Fsp3) is 0.200. The number of aromatic nitrogens is 2. The van der Waals surface area contributed by atoms with Gasteiger partial charge in [0.15, 0.2) is 5.82 Å². The van der Waals surface area contributed by atoms with Crippen LogP contribution < -0.4 is 16.6 Å². The molecule has 1 aromatic rings. The third-order valence-corrected chi connectivity index (χ3v) is 1.05. The van der Waals surface area contributed by atoms with Gasteiger partial charge in [-0.05, 0) is 0 Å². The number of hydrazine groups is 1. The van der Waals surface area contributed by atoms with Gasteiger partial charge in [0.25, 0.3) is 0 Å². The summed E-state index contributed by atoms with van der Waals surface area (Å²) in [6.07, 6.45) is 2.90. The summed E-state index contributed by atoms with van der Waals surface area (Å²) in [5, 5.41) is 1.34. The van der Waals surface area contributed by atoms with Crippen molar-refractivity contribution < 1.29 is 0 Å². The molecule has 54 valence electrons. The van der Waals surface area contributed by atoms with Crippen molar-refractivity contribution in [2.24, 2.45) is 5.84 Å². The van der Waals surface area contributed by atoms with Gasteiger partial charge in [-0.1, -0.05) is 0 Å². The van der Waals surface area contributed by atoms with Crippen LogP contribution in [0.25, 0.3) is 0 Å². The second-order valence-corrected chi connectivity index (χ2v) is 1.91. The molecule has 0 amide bonds. The normalized spacial score (nSPS) is 9.40. The number of nitrogens with zero attached hydrogens (tertiary/aromatic N) is 3. The van der Waals surface area contributed by atoms with Gasteiger partial charge in [-0.3, -0.25) is 5.01 Å². The molecule has 0 fully saturated rings. The van der Waals surface area contributed by atoms with Gasteiger partial charge >= 0.3 is 0 Å². The van der Waals surface area contributed by atoms with E-state index in [9.17, 15) is 0 Å². The van der Waals surface area contributed by atoms with Gasteiger partial charge in [-0.2, -0.15) is 0 Å². The lowest BCUT2D eigenvalue weighted by Gasteiger charge is -2.11. The Morgan fingerprint density at radius 3 is 2.70 bits per heavy atom. The lowest BCUT2D eigenvalue weighted by molar-refractivity contribution is 0.966. The zero-order chi connectivity index (χ0) is 7.56. The predicted octanol–water partition coefficient (Wildman–Crippen LogP) is -0.631. The predicted molar refractivity (Wildman–Crippen MR) is 39.0 cm³/mol. The molecular weight excluding hydrogens is 130 g/mol. The second kappa shape index (κ2) is 2.49. The molecule has 0 atom stereocenters. The zero-order valence-electron chi connectivity index (χ0n) is 5.65. The second-order valence-electron chi connectivity index (χ2n) is 1.91. The van der Waals surface area contributed by atoms with E-state index in [4.69, 9.17) is 11.6 Å². The first-order chi connectivity index (χ1) is 4.72. The van der Waals surface area contributed by atoms with E-state index in [0.29, 0.717) is 11.5 Å². The highest BCUT2D eigenvalue weighted by molar-refractivity contribution is 5.59. The van der Waals surface area contributed by atoms with Gasteiger partial charge in [0.2, 0.25) is 0 Å². The van der Waals surface area contributed by atoms with Crippen LogP contribution in [0, 0.1) is 0 Å². The Labute approximate surface area is 58.6 Å². The lowest BCUT2D eigenvalue weighted by Crippen LogP contribution is -2.27. The molecule has 0 bridgehead atoms. The summed E-state index contributed by atoms with van der Waals surface area (Å²) in [5.41, 5.74) is 5.95. The molecule has 0 saturated heterocycles. The van der Waals surface area contributed by atoms with Crippen LogP contribution in [0.4, 0.5) is 11.5 Å². The third-order valence-electron chi connectivity index (χ3n) is 1.05. The largest absolute Gasteiger partial charge is 0.394 e. The van der Waals surface area contributed by atoms with Crippen molar-refractivity contribution in [3.05, 3.63) is 12.5 Å². The van der Waals surface area contributed by atoms with Gasteiger partial charge in [0.1, 0.15) is 6.33 Å². The molecule has 0 spiro atoms. The molecule has 1 aromatic heterocycles. The van der Waals surface area contributed by atoms with Gasteiger partial charge in [-0.15, -0.1) is 0 Å². The summed E-state index contributed by atoms with van der Waals surface area (Å²) in [6.45, 7) is 0. The molecule has 0 aliphatic rings. The van der Waals surface area contributed by atoms with Crippen LogP contribution in [0.15, 0.2) is 12.5 Å². The zero-order valence-corrected chi connectivity index (χ0v) is 5.65. The minimum atomic E-state index is 0.479.